The van der Waals surface area contributed by atoms with Crippen LogP contribution >= 0.6 is 0 Å². The molecule has 0 radical (unpaired) electrons. The molecule has 0 bridgehead atoms. The van der Waals surface area contributed by atoms with E-state index in [4.69, 9.17) is 0 Å². The van der Waals surface area contributed by atoms with E-state index < -0.39 is 0 Å². The maximum absolute atomic E-state index is 2.59. The molecule has 1 unspecified atom stereocenters. The first-order valence-corrected chi connectivity index (χ1v) is 8.04. The maximum Gasteiger partial charge on any atom is 0.00699 e. The minimum Gasteiger partial charge on any atom is -0.304 e. The number of hydrogen-bond acceptors (Lipinski definition) is 2. The molecule has 0 aromatic carbocycles. The van der Waals surface area contributed by atoms with Gasteiger partial charge in [-0.25, -0.2) is 0 Å². The van der Waals surface area contributed by atoms with Crippen LogP contribution in [0.3, 0.4) is 0 Å². The van der Waals surface area contributed by atoms with Gasteiger partial charge in [-0.15, -0.1) is 0 Å². The second-order valence-corrected chi connectivity index (χ2v) is 4.94. The van der Waals surface area contributed by atoms with E-state index in [9.17, 15) is 0 Å². The Morgan fingerprint density at radius 3 is 1.67 bits per heavy atom. The third-order valence-corrected chi connectivity index (χ3v) is 3.59. The van der Waals surface area contributed by atoms with Gasteiger partial charge < -0.3 is 4.90 Å². The highest BCUT2D eigenvalue weighted by Crippen LogP contribution is 2.10. The highest BCUT2D eigenvalue weighted by atomic mass is 15.2. The molecule has 0 aliphatic carbocycles. The van der Waals surface area contributed by atoms with Crippen LogP contribution in [0.1, 0.15) is 68.2 Å². The van der Waals surface area contributed by atoms with Crippen molar-refractivity contribution in [2.24, 2.45) is 0 Å². The van der Waals surface area contributed by atoms with Crippen LogP contribution in [0.25, 0.3) is 0 Å². The molecule has 0 aliphatic heterocycles. The normalized spacial score (nSPS) is 12.8. The Hall–Kier alpha value is -0.0800. The van der Waals surface area contributed by atoms with Crippen molar-refractivity contribution in [2.75, 3.05) is 26.2 Å². The van der Waals surface area contributed by atoms with E-state index in [2.05, 4.69) is 51.3 Å². The molecule has 18 heavy (non-hydrogen) atoms. The Labute approximate surface area is 117 Å². The predicted molar refractivity (Wildman–Crippen MR) is 85.3 cm³/mol. The van der Waals surface area contributed by atoms with Gasteiger partial charge in [0.1, 0.15) is 0 Å². The minimum atomic E-state index is 0.674. The summed E-state index contributed by atoms with van der Waals surface area (Å²) < 4.78 is 0. The summed E-state index contributed by atoms with van der Waals surface area (Å²) >= 11 is 0. The first kappa shape index (κ1) is 20.2. The van der Waals surface area contributed by atoms with Gasteiger partial charge in [0, 0.05) is 12.1 Å². The molecule has 2 nitrogen and oxygen atoms in total. The quantitative estimate of drug-likeness (QED) is 0.610. The summed E-state index contributed by atoms with van der Waals surface area (Å²) in [6, 6.07) is 1.40. The largest absolute Gasteiger partial charge is 0.304 e. The molecule has 1 atom stereocenters. The molecular formula is C16H38N2. The molecule has 0 aliphatic rings. The number of nitrogens with zero attached hydrogens (tertiary/aromatic N) is 2. The van der Waals surface area contributed by atoms with Gasteiger partial charge in [0.05, 0.1) is 0 Å². The summed E-state index contributed by atoms with van der Waals surface area (Å²) in [5.74, 6) is 0. The van der Waals surface area contributed by atoms with Crippen LogP contribution in [-0.4, -0.2) is 48.1 Å². The predicted octanol–water partition coefficient (Wildman–Crippen LogP) is 4.25. The van der Waals surface area contributed by atoms with Crippen molar-refractivity contribution in [3.8, 4) is 0 Å². The van der Waals surface area contributed by atoms with Crippen molar-refractivity contribution in [1.29, 1.82) is 0 Å². The molecule has 2 heteroatoms. The van der Waals surface area contributed by atoms with E-state index in [1.54, 1.807) is 0 Å². The van der Waals surface area contributed by atoms with Crippen LogP contribution in [-0.2, 0) is 0 Å². The van der Waals surface area contributed by atoms with E-state index in [1.807, 2.05) is 13.8 Å². The summed E-state index contributed by atoms with van der Waals surface area (Å²) in [4.78, 5) is 5.10. The zero-order chi connectivity index (χ0) is 14.6. The summed E-state index contributed by atoms with van der Waals surface area (Å²) in [6.45, 7) is 22.5. The van der Waals surface area contributed by atoms with Gasteiger partial charge in [-0.3, -0.25) is 4.90 Å². The topological polar surface area (TPSA) is 6.48 Å². The second kappa shape index (κ2) is 13.4. The molecule has 0 heterocycles. The SMILES string of the molecule is CC.CCN(CC)CCCC(C)N(CC)C(C)C. The fourth-order valence-corrected chi connectivity index (χ4v) is 2.50. The van der Waals surface area contributed by atoms with Gasteiger partial charge in [0.15, 0.2) is 0 Å². The summed E-state index contributed by atoms with van der Waals surface area (Å²) in [6.07, 6.45) is 2.65. The maximum atomic E-state index is 2.59. The Morgan fingerprint density at radius 2 is 1.33 bits per heavy atom. The Balaban J connectivity index is 0. The highest BCUT2D eigenvalue weighted by molar-refractivity contribution is 4.70. The van der Waals surface area contributed by atoms with Gasteiger partial charge in [-0.05, 0) is 59.8 Å². The Morgan fingerprint density at radius 1 is 0.833 bits per heavy atom. The molecule has 0 spiro atoms. The molecular weight excluding hydrogens is 220 g/mol. The second-order valence-electron chi connectivity index (χ2n) is 4.94. The van der Waals surface area contributed by atoms with Gasteiger partial charge in [-0.2, -0.15) is 0 Å². The molecule has 0 fully saturated rings. The summed E-state index contributed by atoms with van der Waals surface area (Å²) in [5, 5.41) is 0. The lowest BCUT2D eigenvalue weighted by atomic mass is 10.1. The van der Waals surface area contributed by atoms with E-state index >= 15 is 0 Å². The molecule has 0 amide bonds. The average Bonchev–Trinajstić information content (AvgIpc) is 2.37. The monoisotopic (exact) mass is 258 g/mol. The Bertz CT molecular complexity index is 153. The first-order valence-electron chi connectivity index (χ1n) is 8.04. The zero-order valence-corrected chi connectivity index (χ0v) is 14.3. The van der Waals surface area contributed by atoms with Crippen molar-refractivity contribution >= 4 is 0 Å². The molecule has 0 saturated heterocycles. The number of hydrogen-bond donors (Lipinski definition) is 0. The van der Waals surface area contributed by atoms with E-state index in [0.717, 1.165) is 6.04 Å². The highest BCUT2D eigenvalue weighted by Gasteiger charge is 2.14. The van der Waals surface area contributed by atoms with Crippen molar-refractivity contribution in [3.05, 3.63) is 0 Å². The number of rotatable bonds is 9. The van der Waals surface area contributed by atoms with Crippen molar-refractivity contribution in [2.45, 2.75) is 80.3 Å². The molecule has 0 N–H and O–H groups in total. The fourth-order valence-electron chi connectivity index (χ4n) is 2.50. The lowest BCUT2D eigenvalue weighted by molar-refractivity contribution is 0.158. The van der Waals surface area contributed by atoms with Crippen LogP contribution in [0, 0.1) is 0 Å². The minimum absolute atomic E-state index is 0.674. The van der Waals surface area contributed by atoms with Crippen LogP contribution in [0.15, 0.2) is 0 Å². The van der Waals surface area contributed by atoms with Gasteiger partial charge >= 0.3 is 0 Å². The lowest BCUT2D eigenvalue weighted by Crippen LogP contribution is -2.39. The molecule has 112 valence electrons. The smallest absolute Gasteiger partial charge is 0.00699 e. The lowest BCUT2D eigenvalue weighted by Gasteiger charge is -2.32. The van der Waals surface area contributed by atoms with Gasteiger partial charge in [0.2, 0.25) is 0 Å². The first-order chi connectivity index (χ1) is 8.56. The molecule has 0 rings (SSSR count). The zero-order valence-electron chi connectivity index (χ0n) is 14.3. The Kier molecular flexibility index (Phi) is 15.0. The molecule has 0 aromatic rings. The van der Waals surface area contributed by atoms with Crippen LogP contribution in [0.5, 0.6) is 0 Å². The van der Waals surface area contributed by atoms with E-state index in [0.29, 0.717) is 6.04 Å². The standard InChI is InChI=1S/C14H32N2.C2H6/c1-7-15(8-2)12-10-11-14(6)16(9-3)13(4)5;1-2/h13-14H,7-12H2,1-6H3;1-2H3. The van der Waals surface area contributed by atoms with Crippen LogP contribution < -0.4 is 0 Å². The average molecular weight is 258 g/mol. The van der Waals surface area contributed by atoms with Gasteiger partial charge in [-0.1, -0.05) is 34.6 Å². The molecule has 0 saturated carbocycles. The third kappa shape index (κ3) is 8.93. The van der Waals surface area contributed by atoms with Gasteiger partial charge in [0.25, 0.3) is 0 Å². The summed E-state index contributed by atoms with van der Waals surface area (Å²) in [7, 11) is 0. The van der Waals surface area contributed by atoms with E-state index in [1.165, 1.54) is 39.0 Å². The fraction of sp³-hybridized carbons (Fsp3) is 1.00. The van der Waals surface area contributed by atoms with Crippen LogP contribution in [0.4, 0.5) is 0 Å². The van der Waals surface area contributed by atoms with Crippen molar-refractivity contribution in [3.63, 3.8) is 0 Å². The molecule has 0 aromatic heterocycles. The van der Waals surface area contributed by atoms with Crippen molar-refractivity contribution in [1.82, 2.24) is 9.80 Å². The van der Waals surface area contributed by atoms with E-state index in [-0.39, 0.29) is 0 Å². The van der Waals surface area contributed by atoms with Crippen molar-refractivity contribution < 1.29 is 0 Å². The van der Waals surface area contributed by atoms with Crippen LogP contribution in [0.2, 0.25) is 0 Å². The third-order valence-electron chi connectivity index (χ3n) is 3.59. The summed E-state index contributed by atoms with van der Waals surface area (Å²) in [5.41, 5.74) is 0.